The minimum atomic E-state index is -0.707. The van der Waals surface area contributed by atoms with Crippen molar-refractivity contribution in [3.05, 3.63) is 63.6 Å². The molecule has 13 heteroatoms. The second-order valence-electron chi connectivity index (χ2n) is 7.94. The lowest BCUT2D eigenvalue weighted by atomic mass is 10.0. The molecule has 0 radical (unpaired) electrons. The highest BCUT2D eigenvalue weighted by Crippen LogP contribution is 2.29. The lowest BCUT2D eigenvalue weighted by molar-refractivity contribution is -0.136. The van der Waals surface area contributed by atoms with Gasteiger partial charge in [0.1, 0.15) is 11.7 Å². The average Bonchev–Trinajstić information content (AvgIpc) is 3.42. The molecule has 0 saturated carbocycles. The number of aryl methyl sites for hydroxylation is 1. The first-order valence-electron chi connectivity index (χ1n) is 10.4. The van der Waals surface area contributed by atoms with Crippen LogP contribution in [-0.4, -0.2) is 59.5 Å². The van der Waals surface area contributed by atoms with Crippen LogP contribution in [0.25, 0.3) is 5.69 Å². The van der Waals surface area contributed by atoms with Gasteiger partial charge in [0.15, 0.2) is 5.69 Å². The van der Waals surface area contributed by atoms with E-state index in [0.29, 0.717) is 22.5 Å². The zero-order valence-electron chi connectivity index (χ0n) is 17.9. The Morgan fingerprint density at radius 1 is 1.21 bits per heavy atom. The van der Waals surface area contributed by atoms with Gasteiger partial charge in [-0.3, -0.25) is 29.3 Å². The van der Waals surface area contributed by atoms with Crippen LogP contribution in [0.2, 0.25) is 0 Å². The monoisotopic (exact) mass is 462 g/mol. The number of aromatic amines is 1. The Bertz CT molecular complexity index is 1420. The van der Waals surface area contributed by atoms with Gasteiger partial charge >= 0.3 is 0 Å². The summed E-state index contributed by atoms with van der Waals surface area (Å²) < 4.78 is 1.37. The van der Waals surface area contributed by atoms with Crippen LogP contribution >= 0.6 is 0 Å². The van der Waals surface area contributed by atoms with Crippen molar-refractivity contribution in [2.24, 2.45) is 0 Å². The largest absolute Gasteiger partial charge is 0.322 e. The number of H-pyrrole nitrogens is 1. The number of rotatable bonds is 4. The van der Waals surface area contributed by atoms with Crippen molar-refractivity contribution in [3.63, 3.8) is 0 Å². The van der Waals surface area contributed by atoms with Crippen molar-refractivity contribution in [1.82, 2.24) is 35.2 Å². The number of nitrogens with one attached hydrogen (secondary N) is 3. The van der Waals surface area contributed by atoms with E-state index in [-0.39, 0.29) is 42.6 Å². The lowest BCUT2D eigenvalue weighted by Gasteiger charge is -2.29. The summed E-state index contributed by atoms with van der Waals surface area (Å²) in [6, 6.07) is 4.29. The number of fused-ring (bicyclic) bond motifs is 1. The number of piperidine rings is 1. The number of carbonyl (C=O) groups is 4. The fourth-order valence-electron chi connectivity index (χ4n) is 4.01. The van der Waals surface area contributed by atoms with Crippen LogP contribution in [0.1, 0.15) is 44.9 Å². The molecule has 5 rings (SSSR count). The van der Waals surface area contributed by atoms with Gasteiger partial charge < -0.3 is 15.2 Å². The summed E-state index contributed by atoms with van der Waals surface area (Å²) in [5.74, 6) is -1.74. The van der Waals surface area contributed by atoms with Gasteiger partial charge in [-0.2, -0.15) is 0 Å². The van der Waals surface area contributed by atoms with Crippen LogP contribution in [0.5, 0.6) is 0 Å². The molecule has 1 atom stereocenters. The van der Waals surface area contributed by atoms with Crippen molar-refractivity contribution in [2.45, 2.75) is 32.4 Å². The number of nitrogens with zero attached hydrogens (tertiary/aromatic N) is 5. The molecule has 2 aromatic heterocycles. The van der Waals surface area contributed by atoms with E-state index in [1.165, 1.54) is 22.1 Å². The molecule has 4 amide bonds. The van der Waals surface area contributed by atoms with Crippen LogP contribution in [-0.2, 0) is 16.1 Å². The lowest BCUT2D eigenvalue weighted by Crippen LogP contribution is -2.52. The minimum absolute atomic E-state index is 0.0200. The van der Waals surface area contributed by atoms with Crippen molar-refractivity contribution in [3.8, 4) is 5.69 Å². The fourth-order valence-corrected chi connectivity index (χ4v) is 4.01. The summed E-state index contributed by atoms with van der Waals surface area (Å²) in [5.41, 5.74) is 1.56. The highest BCUT2D eigenvalue weighted by atomic mass is 16.2. The molecule has 0 spiro atoms. The quantitative estimate of drug-likeness (QED) is 0.442. The Labute approximate surface area is 191 Å². The molecule has 2 aliphatic rings. The van der Waals surface area contributed by atoms with E-state index in [1.54, 1.807) is 25.1 Å². The molecule has 3 aromatic rings. The highest BCUT2D eigenvalue weighted by molar-refractivity contribution is 6.05. The van der Waals surface area contributed by atoms with E-state index < -0.39 is 23.4 Å². The number of carbonyl (C=O) groups excluding carboxylic acids is 4. The second-order valence-corrected chi connectivity index (χ2v) is 7.94. The molecule has 34 heavy (non-hydrogen) atoms. The van der Waals surface area contributed by atoms with Gasteiger partial charge in [-0.1, -0.05) is 5.21 Å². The number of benzene rings is 1. The third-order valence-corrected chi connectivity index (χ3v) is 5.78. The zero-order chi connectivity index (χ0) is 24.0. The number of aromatic nitrogens is 5. The van der Waals surface area contributed by atoms with Crippen molar-refractivity contribution >= 4 is 29.3 Å². The molecule has 4 heterocycles. The Hall–Kier alpha value is -4.68. The summed E-state index contributed by atoms with van der Waals surface area (Å²) in [7, 11) is 0. The first-order valence-corrected chi connectivity index (χ1v) is 10.4. The summed E-state index contributed by atoms with van der Waals surface area (Å²) in [6.45, 7) is 1.80. The smallest absolute Gasteiger partial charge is 0.278 e. The molecule has 1 unspecified atom stereocenters. The Morgan fingerprint density at radius 3 is 2.79 bits per heavy atom. The van der Waals surface area contributed by atoms with E-state index in [9.17, 15) is 24.0 Å². The highest BCUT2D eigenvalue weighted by Gasteiger charge is 2.39. The summed E-state index contributed by atoms with van der Waals surface area (Å²) >= 11 is 0. The summed E-state index contributed by atoms with van der Waals surface area (Å²) in [6.07, 6.45) is 3.09. The number of imide groups is 1. The summed E-state index contributed by atoms with van der Waals surface area (Å²) in [4.78, 5) is 68.7. The molecule has 2 aliphatic heterocycles. The van der Waals surface area contributed by atoms with E-state index in [0.717, 1.165) is 0 Å². The second kappa shape index (κ2) is 8.03. The number of hydrogen-bond acceptors (Lipinski definition) is 8. The van der Waals surface area contributed by atoms with E-state index >= 15 is 0 Å². The van der Waals surface area contributed by atoms with Crippen LogP contribution in [0.3, 0.4) is 0 Å². The third kappa shape index (κ3) is 3.62. The van der Waals surface area contributed by atoms with Crippen LogP contribution in [0, 0.1) is 6.92 Å². The maximum atomic E-state index is 12.8. The Balaban J connectivity index is 1.35. The van der Waals surface area contributed by atoms with E-state index in [4.69, 9.17) is 0 Å². The van der Waals surface area contributed by atoms with Crippen molar-refractivity contribution in [2.75, 3.05) is 5.32 Å². The number of amides is 4. The molecule has 1 fully saturated rings. The van der Waals surface area contributed by atoms with Gasteiger partial charge in [0, 0.05) is 18.5 Å². The predicted octanol–water partition coefficient (Wildman–Crippen LogP) is -0.328. The van der Waals surface area contributed by atoms with Gasteiger partial charge in [0.25, 0.3) is 17.4 Å². The van der Waals surface area contributed by atoms with E-state index in [1.807, 2.05) is 0 Å². The van der Waals surface area contributed by atoms with Crippen molar-refractivity contribution < 1.29 is 19.2 Å². The SMILES string of the molecule is Cc1nc[nH]c(=O)c1NC(=O)c1cn(-c2ccc3c(c2)CN(C2CCC(=O)NC2=O)C3=O)nn1. The van der Waals surface area contributed by atoms with Gasteiger partial charge in [-0.15, -0.1) is 5.10 Å². The molecule has 0 aliphatic carbocycles. The van der Waals surface area contributed by atoms with Crippen LogP contribution in [0.15, 0.2) is 35.5 Å². The first kappa shape index (κ1) is 21.2. The van der Waals surface area contributed by atoms with Gasteiger partial charge in [-0.05, 0) is 37.1 Å². The first-order chi connectivity index (χ1) is 16.3. The molecule has 0 bridgehead atoms. The van der Waals surface area contributed by atoms with Crippen molar-refractivity contribution in [1.29, 1.82) is 0 Å². The topological polar surface area (TPSA) is 172 Å². The summed E-state index contributed by atoms with van der Waals surface area (Å²) in [5, 5.41) is 12.6. The minimum Gasteiger partial charge on any atom is -0.322 e. The van der Waals surface area contributed by atoms with Gasteiger partial charge in [-0.25, -0.2) is 9.67 Å². The molecule has 172 valence electrons. The number of anilines is 1. The average molecular weight is 462 g/mol. The molecule has 1 aromatic carbocycles. The third-order valence-electron chi connectivity index (χ3n) is 5.78. The molecule has 3 N–H and O–H groups in total. The van der Waals surface area contributed by atoms with E-state index in [2.05, 4.69) is 30.9 Å². The zero-order valence-corrected chi connectivity index (χ0v) is 17.9. The van der Waals surface area contributed by atoms with Crippen LogP contribution < -0.4 is 16.2 Å². The van der Waals surface area contributed by atoms with Gasteiger partial charge in [0.05, 0.1) is 23.9 Å². The van der Waals surface area contributed by atoms with Crippen LogP contribution in [0.4, 0.5) is 5.69 Å². The molecule has 1 saturated heterocycles. The molecular weight excluding hydrogens is 444 g/mol. The maximum absolute atomic E-state index is 12.8. The number of hydrogen-bond donors (Lipinski definition) is 3. The maximum Gasteiger partial charge on any atom is 0.278 e. The van der Waals surface area contributed by atoms with Gasteiger partial charge in [0.2, 0.25) is 11.8 Å². The standard InChI is InChI=1S/C21H18N8O5/c1-10-17(20(33)23-9-22-10)25-18(31)14-8-29(27-26-14)12-2-3-13-11(6-12)7-28(21(13)34)15-4-5-16(30)24-19(15)32/h2-3,6,8-9,15H,4-5,7H2,1H3,(H,25,31)(H,22,23,33)(H,24,30,32). The predicted molar refractivity (Wildman–Crippen MR) is 115 cm³/mol. The Morgan fingerprint density at radius 2 is 2.03 bits per heavy atom. The Kier molecular flexibility index (Phi) is 5.00. The molecular formula is C21H18N8O5. The normalized spacial score (nSPS) is 17.5. The fraction of sp³-hybridized carbons (Fsp3) is 0.238. The molecule has 13 nitrogen and oxygen atoms in total.